The summed E-state index contributed by atoms with van der Waals surface area (Å²) in [5.74, 6) is 0.109. The predicted molar refractivity (Wildman–Crippen MR) is 31.4 cm³/mol. The standard InChI is InChI=1S/C6H9NO/c1-5-3-4-6(8)7(5)2/h3-5H,1-2H3. The second-order valence-electron chi connectivity index (χ2n) is 2.05. The summed E-state index contributed by atoms with van der Waals surface area (Å²) in [4.78, 5) is 12.3. The summed E-state index contributed by atoms with van der Waals surface area (Å²) in [7, 11) is 1.80. The summed E-state index contributed by atoms with van der Waals surface area (Å²) < 4.78 is 0. The Morgan fingerprint density at radius 1 is 1.75 bits per heavy atom. The minimum Gasteiger partial charge on any atom is -0.336 e. The molecular weight excluding hydrogens is 102 g/mol. The minimum absolute atomic E-state index is 0.109. The third-order valence-electron chi connectivity index (χ3n) is 1.48. The highest BCUT2D eigenvalue weighted by Crippen LogP contribution is 2.05. The van der Waals surface area contributed by atoms with Crippen LogP contribution in [0.15, 0.2) is 12.2 Å². The Balaban J connectivity index is 2.69. The number of hydrogen-bond acceptors (Lipinski definition) is 1. The van der Waals surface area contributed by atoms with Crippen LogP contribution in [0.4, 0.5) is 0 Å². The fourth-order valence-corrected chi connectivity index (χ4v) is 0.669. The maximum Gasteiger partial charge on any atom is 0.246 e. The molecule has 1 rings (SSSR count). The highest BCUT2D eigenvalue weighted by Gasteiger charge is 2.15. The molecule has 0 saturated carbocycles. The number of likely N-dealkylation sites (N-methyl/N-ethyl adjacent to an activating group) is 1. The molecule has 0 radical (unpaired) electrons. The highest BCUT2D eigenvalue weighted by molar-refractivity contribution is 5.90. The van der Waals surface area contributed by atoms with Gasteiger partial charge in [-0.1, -0.05) is 6.08 Å². The second-order valence-corrected chi connectivity index (χ2v) is 2.05. The predicted octanol–water partition coefficient (Wildman–Crippen LogP) is 0.403. The lowest BCUT2D eigenvalue weighted by atomic mass is 10.3. The average Bonchev–Trinajstić information content (AvgIpc) is 1.98. The van der Waals surface area contributed by atoms with E-state index in [4.69, 9.17) is 0 Å². The van der Waals surface area contributed by atoms with Crippen LogP contribution in [0.25, 0.3) is 0 Å². The van der Waals surface area contributed by atoms with Gasteiger partial charge in [-0.25, -0.2) is 0 Å². The fourth-order valence-electron chi connectivity index (χ4n) is 0.669. The molecule has 1 heterocycles. The Kier molecular flexibility index (Phi) is 1.08. The van der Waals surface area contributed by atoms with Gasteiger partial charge in [-0.3, -0.25) is 4.79 Å². The van der Waals surface area contributed by atoms with Crippen LogP contribution < -0.4 is 0 Å². The Labute approximate surface area is 48.8 Å². The van der Waals surface area contributed by atoms with Gasteiger partial charge in [0.2, 0.25) is 5.91 Å². The van der Waals surface area contributed by atoms with Gasteiger partial charge in [0.1, 0.15) is 0 Å². The molecule has 0 bridgehead atoms. The molecule has 2 heteroatoms. The number of nitrogens with zero attached hydrogens (tertiary/aromatic N) is 1. The number of amides is 1. The van der Waals surface area contributed by atoms with Crippen molar-refractivity contribution in [1.29, 1.82) is 0 Å². The molecule has 1 aliphatic rings. The largest absolute Gasteiger partial charge is 0.336 e. The van der Waals surface area contributed by atoms with Gasteiger partial charge in [-0.15, -0.1) is 0 Å². The van der Waals surface area contributed by atoms with Crippen LogP contribution in [0.3, 0.4) is 0 Å². The monoisotopic (exact) mass is 111 g/mol. The maximum atomic E-state index is 10.6. The van der Waals surface area contributed by atoms with Gasteiger partial charge >= 0.3 is 0 Å². The molecule has 44 valence electrons. The molecule has 1 amide bonds. The molecular formula is C6H9NO. The smallest absolute Gasteiger partial charge is 0.246 e. The Bertz CT molecular complexity index is 139. The zero-order valence-corrected chi connectivity index (χ0v) is 5.09. The van der Waals surface area contributed by atoms with Crippen molar-refractivity contribution in [3.63, 3.8) is 0 Å². The number of hydrogen-bond donors (Lipinski definition) is 0. The molecule has 0 N–H and O–H groups in total. The van der Waals surface area contributed by atoms with E-state index in [-0.39, 0.29) is 5.91 Å². The van der Waals surface area contributed by atoms with Crippen LogP contribution in [-0.2, 0) is 4.79 Å². The molecule has 0 aromatic rings. The normalized spacial score (nSPS) is 27.5. The number of rotatable bonds is 0. The van der Waals surface area contributed by atoms with Crippen molar-refractivity contribution >= 4 is 5.91 Å². The van der Waals surface area contributed by atoms with Gasteiger partial charge < -0.3 is 4.90 Å². The maximum absolute atomic E-state index is 10.6. The van der Waals surface area contributed by atoms with E-state index in [1.165, 1.54) is 0 Å². The molecule has 0 aliphatic carbocycles. The molecule has 0 saturated heterocycles. The van der Waals surface area contributed by atoms with Gasteiger partial charge in [0.25, 0.3) is 0 Å². The van der Waals surface area contributed by atoms with Crippen molar-refractivity contribution in [2.45, 2.75) is 13.0 Å². The molecule has 1 unspecified atom stereocenters. The van der Waals surface area contributed by atoms with Crippen molar-refractivity contribution in [3.8, 4) is 0 Å². The summed E-state index contributed by atoms with van der Waals surface area (Å²) in [5.41, 5.74) is 0. The number of carbonyl (C=O) groups is 1. The highest BCUT2D eigenvalue weighted by atomic mass is 16.2. The van der Waals surface area contributed by atoms with E-state index in [9.17, 15) is 4.79 Å². The molecule has 0 aromatic carbocycles. The van der Waals surface area contributed by atoms with Gasteiger partial charge in [0, 0.05) is 19.2 Å². The van der Waals surface area contributed by atoms with Crippen molar-refractivity contribution in [2.24, 2.45) is 0 Å². The molecule has 8 heavy (non-hydrogen) atoms. The second kappa shape index (κ2) is 1.62. The van der Waals surface area contributed by atoms with E-state index >= 15 is 0 Å². The summed E-state index contributed by atoms with van der Waals surface area (Å²) in [6, 6.07) is 0.294. The molecule has 0 fully saturated rings. The van der Waals surface area contributed by atoms with Gasteiger partial charge in [0.15, 0.2) is 0 Å². The van der Waals surface area contributed by atoms with Crippen molar-refractivity contribution < 1.29 is 4.79 Å². The lowest BCUT2D eigenvalue weighted by Gasteiger charge is -2.13. The van der Waals surface area contributed by atoms with Gasteiger partial charge in [-0.2, -0.15) is 0 Å². The first-order chi connectivity index (χ1) is 3.72. The van der Waals surface area contributed by atoms with Crippen LogP contribution in [0, 0.1) is 0 Å². The summed E-state index contributed by atoms with van der Waals surface area (Å²) in [6.45, 7) is 1.99. The molecule has 2 nitrogen and oxygen atoms in total. The van der Waals surface area contributed by atoms with Crippen LogP contribution in [-0.4, -0.2) is 23.9 Å². The topological polar surface area (TPSA) is 20.3 Å². The van der Waals surface area contributed by atoms with Gasteiger partial charge in [0.05, 0.1) is 0 Å². The first-order valence-electron chi connectivity index (χ1n) is 2.67. The van der Waals surface area contributed by atoms with Crippen molar-refractivity contribution in [3.05, 3.63) is 12.2 Å². The zero-order valence-electron chi connectivity index (χ0n) is 5.09. The van der Waals surface area contributed by atoms with E-state index in [0.29, 0.717) is 6.04 Å². The van der Waals surface area contributed by atoms with Crippen LogP contribution in [0.5, 0.6) is 0 Å². The van der Waals surface area contributed by atoms with Crippen molar-refractivity contribution in [1.82, 2.24) is 4.90 Å². The van der Waals surface area contributed by atoms with E-state index in [1.807, 2.05) is 13.0 Å². The molecule has 1 aliphatic heterocycles. The van der Waals surface area contributed by atoms with E-state index in [2.05, 4.69) is 0 Å². The summed E-state index contributed by atoms with van der Waals surface area (Å²) >= 11 is 0. The molecule has 1 atom stereocenters. The number of carbonyl (C=O) groups excluding carboxylic acids is 1. The third kappa shape index (κ3) is 0.619. The lowest BCUT2D eigenvalue weighted by molar-refractivity contribution is -0.124. The van der Waals surface area contributed by atoms with E-state index in [0.717, 1.165) is 0 Å². The molecule has 0 spiro atoms. The fraction of sp³-hybridized carbons (Fsp3) is 0.500. The third-order valence-corrected chi connectivity index (χ3v) is 1.48. The Morgan fingerprint density at radius 3 is 2.50 bits per heavy atom. The van der Waals surface area contributed by atoms with E-state index < -0.39 is 0 Å². The van der Waals surface area contributed by atoms with Gasteiger partial charge in [-0.05, 0) is 6.92 Å². The Hall–Kier alpha value is -0.790. The van der Waals surface area contributed by atoms with Crippen molar-refractivity contribution in [2.75, 3.05) is 7.05 Å². The first kappa shape index (κ1) is 5.35. The average molecular weight is 111 g/mol. The SMILES string of the molecule is CC1C=CC(=O)N1C. The van der Waals surface area contributed by atoms with Crippen LogP contribution in [0.2, 0.25) is 0 Å². The quantitative estimate of drug-likeness (QED) is 0.443. The Morgan fingerprint density at radius 2 is 2.38 bits per heavy atom. The summed E-state index contributed by atoms with van der Waals surface area (Å²) in [6.07, 6.45) is 3.49. The summed E-state index contributed by atoms with van der Waals surface area (Å²) in [5, 5.41) is 0. The lowest BCUT2D eigenvalue weighted by Crippen LogP contribution is -2.26. The van der Waals surface area contributed by atoms with Crippen LogP contribution in [0.1, 0.15) is 6.92 Å². The van der Waals surface area contributed by atoms with E-state index in [1.54, 1.807) is 18.0 Å². The van der Waals surface area contributed by atoms with Crippen LogP contribution >= 0.6 is 0 Å². The molecule has 0 aromatic heterocycles. The first-order valence-corrected chi connectivity index (χ1v) is 2.67. The minimum atomic E-state index is 0.109. The zero-order chi connectivity index (χ0) is 6.15.